The van der Waals surface area contributed by atoms with Gasteiger partial charge in [-0.15, -0.1) is 11.6 Å². The first kappa shape index (κ1) is 11.0. The molecule has 1 aromatic rings. The van der Waals surface area contributed by atoms with E-state index >= 15 is 0 Å². The van der Waals surface area contributed by atoms with Crippen LogP contribution in [0.4, 0.5) is 5.69 Å². The highest BCUT2D eigenvalue weighted by Crippen LogP contribution is 2.28. The molecular weight excluding hydrogens is 228 g/mol. The lowest BCUT2D eigenvalue weighted by Crippen LogP contribution is -2.32. The Morgan fingerprint density at radius 1 is 1.44 bits per heavy atom. The van der Waals surface area contributed by atoms with Gasteiger partial charge in [-0.05, 0) is 6.07 Å². The molecule has 1 aromatic carbocycles. The average Bonchev–Trinajstić information content (AvgIpc) is 2.29. The van der Waals surface area contributed by atoms with E-state index in [0.717, 1.165) is 11.3 Å². The molecule has 1 heterocycles. The summed E-state index contributed by atoms with van der Waals surface area (Å²) in [4.78, 5) is 12.4. The number of para-hydroxylation sites is 1. The van der Waals surface area contributed by atoms with Crippen molar-refractivity contribution in [3.63, 3.8) is 0 Å². The molecule has 0 aliphatic carbocycles. The van der Waals surface area contributed by atoms with Gasteiger partial charge in [0.25, 0.3) is 5.70 Å². The third kappa shape index (κ3) is 2.02. The molecule has 84 valence electrons. The Labute approximate surface area is 98.3 Å². The van der Waals surface area contributed by atoms with Crippen LogP contribution in [0.3, 0.4) is 0 Å². The maximum atomic E-state index is 10.8. The van der Waals surface area contributed by atoms with E-state index in [2.05, 4.69) is 0 Å². The van der Waals surface area contributed by atoms with Gasteiger partial charge in [-0.25, -0.2) is 0 Å². The van der Waals surface area contributed by atoms with Crippen LogP contribution in [-0.4, -0.2) is 23.9 Å². The quantitative estimate of drug-likeness (QED) is 0.461. The number of alkyl halides is 1. The number of anilines is 1. The maximum absolute atomic E-state index is 10.8. The van der Waals surface area contributed by atoms with Crippen molar-refractivity contribution in [2.24, 2.45) is 0 Å². The molecule has 0 saturated heterocycles. The van der Waals surface area contributed by atoms with E-state index in [1.54, 1.807) is 6.08 Å². The van der Waals surface area contributed by atoms with Gasteiger partial charge in [0.05, 0.1) is 4.92 Å². The molecule has 5 heteroatoms. The SMILES string of the molecule is O=[N+]([O-])C1=Cc2ccccc2N(CCCl)C1. The minimum Gasteiger partial charge on any atom is -0.359 e. The lowest BCUT2D eigenvalue weighted by molar-refractivity contribution is -0.423. The Kier molecular flexibility index (Phi) is 3.10. The topological polar surface area (TPSA) is 46.4 Å². The van der Waals surface area contributed by atoms with Crippen molar-refractivity contribution >= 4 is 23.4 Å². The van der Waals surface area contributed by atoms with Crippen LogP contribution in [-0.2, 0) is 0 Å². The van der Waals surface area contributed by atoms with Gasteiger partial charge in [0, 0.05) is 29.8 Å². The predicted octanol–water partition coefficient (Wildman–Crippen LogP) is 2.36. The van der Waals surface area contributed by atoms with E-state index < -0.39 is 0 Å². The van der Waals surface area contributed by atoms with E-state index in [1.807, 2.05) is 29.2 Å². The number of hydrogen-bond donors (Lipinski definition) is 0. The summed E-state index contributed by atoms with van der Waals surface area (Å²) in [6.45, 7) is 0.931. The first-order valence-electron chi connectivity index (χ1n) is 4.97. The van der Waals surface area contributed by atoms with Crippen molar-refractivity contribution in [3.8, 4) is 0 Å². The third-order valence-corrected chi connectivity index (χ3v) is 2.71. The zero-order valence-corrected chi connectivity index (χ0v) is 9.35. The molecule has 0 unspecified atom stereocenters. The number of hydrogen-bond acceptors (Lipinski definition) is 3. The van der Waals surface area contributed by atoms with Crippen LogP contribution in [0.15, 0.2) is 30.0 Å². The Morgan fingerprint density at radius 3 is 2.88 bits per heavy atom. The number of fused-ring (bicyclic) bond motifs is 1. The lowest BCUT2D eigenvalue weighted by atomic mass is 10.1. The van der Waals surface area contributed by atoms with Crippen LogP contribution in [0.1, 0.15) is 5.56 Å². The Bertz CT molecular complexity index is 445. The number of nitro groups is 1. The van der Waals surface area contributed by atoms with Crippen molar-refractivity contribution in [2.45, 2.75) is 0 Å². The maximum Gasteiger partial charge on any atom is 0.266 e. The van der Waals surface area contributed by atoms with Gasteiger partial charge >= 0.3 is 0 Å². The third-order valence-electron chi connectivity index (χ3n) is 2.54. The lowest BCUT2D eigenvalue weighted by Gasteiger charge is -2.27. The number of benzene rings is 1. The molecule has 16 heavy (non-hydrogen) atoms. The van der Waals surface area contributed by atoms with Gasteiger partial charge in [-0.2, -0.15) is 0 Å². The minimum atomic E-state index is -0.336. The Hall–Kier alpha value is -1.55. The van der Waals surface area contributed by atoms with Gasteiger partial charge in [-0.3, -0.25) is 10.1 Å². The molecule has 0 amide bonds. The van der Waals surface area contributed by atoms with Gasteiger partial charge in [0.1, 0.15) is 6.54 Å². The summed E-state index contributed by atoms with van der Waals surface area (Å²) in [6.07, 6.45) is 1.63. The van der Waals surface area contributed by atoms with Crippen molar-refractivity contribution in [1.29, 1.82) is 0 Å². The fraction of sp³-hybridized carbons (Fsp3) is 0.273. The van der Waals surface area contributed by atoms with Gasteiger partial charge < -0.3 is 4.90 Å². The summed E-state index contributed by atoms with van der Waals surface area (Å²) < 4.78 is 0. The summed E-state index contributed by atoms with van der Waals surface area (Å²) in [6, 6.07) is 7.62. The van der Waals surface area contributed by atoms with Crippen molar-refractivity contribution in [3.05, 3.63) is 45.6 Å². The highest BCUT2D eigenvalue weighted by atomic mass is 35.5. The average molecular weight is 239 g/mol. The molecule has 0 atom stereocenters. The molecule has 0 radical (unpaired) electrons. The van der Waals surface area contributed by atoms with Gasteiger partial charge in [0.2, 0.25) is 0 Å². The molecule has 0 fully saturated rings. The van der Waals surface area contributed by atoms with Crippen LogP contribution in [0.2, 0.25) is 0 Å². The largest absolute Gasteiger partial charge is 0.359 e. The van der Waals surface area contributed by atoms with Crippen molar-refractivity contribution < 1.29 is 4.92 Å². The van der Waals surface area contributed by atoms with E-state index in [0.29, 0.717) is 19.0 Å². The standard InChI is InChI=1S/C11H11ClN2O2/c12-5-6-13-8-10(14(15)16)7-9-3-1-2-4-11(9)13/h1-4,7H,5-6,8H2. The number of rotatable bonds is 3. The summed E-state index contributed by atoms with van der Waals surface area (Å²) in [5.41, 5.74) is 2.10. The molecule has 4 nitrogen and oxygen atoms in total. The number of halogens is 1. The zero-order valence-electron chi connectivity index (χ0n) is 8.60. The Morgan fingerprint density at radius 2 is 2.19 bits per heavy atom. The second kappa shape index (κ2) is 4.53. The van der Waals surface area contributed by atoms with E-state index in [4.69, 9.17) is 11.6 Å². The molecule has 0 saturated carbocycles. The molecule has 1 aliphatic rings. The van der Waals surface area contributed by atoms with E-state index in [-0.39, 0.29) is 10.6 Å². The second-order valence-corrected chi connectivity index (χ2v) is 3.94. The van der Waals surface area contributed by atoms with Gasteiger partial charge in [0.15, 0.2) is 0 Å². The van der Waals surface area contributed by atoms with Crippen molar-refractivity contribution in [2.75, 3.05) is 23.9 Å². The normalized spacial score (nSPS) is 14.3. The smallest absolute Gasteiger partial charge is 0.266 e. The van der Waals surface area contributed by atoms with Crippen LogP contribution >= 0.6 is 11.6 Å². The molecule has 0 bridgehead atoms. The first-order valence-corrected chi connectivity index (χ1v) is 5.50. The molecule has 0 aromatic heterocycles. The van der Waals surface area contributed by atoms with Crippen LogP contribution in [0.5, 0.6) is 0 Å². The van der Waals surface area contributed by atoms with E-state index in [9.17, 15) is 10.1 Å². The minimum absolute atomic E-state index is 0.212. The van der Waals surface area contributed by atoms with Crippen molar-refractivity contribution in [1.82, 2.24) is 0 Å². The fourth-order valence-electron chi connectivity index (χ4n) is 1.82. The summed E-state index contributed by atoms with van der Waals surface area (Å²) in [5, 5.41) is 10.8. The molecule has 0 N–H and O–H groups in total. The van der Waals surface area contributed by atoms with E-state index in [1.165, 1.54) is 0 Å². The summed E-state index contributed by atoms with van der Waals surface area (Å²) in [5.74, 6) is 0.458. The fourth-order valence-corrected chi connectivity index (χ4v) is 2.02. The Balaban J connectivity index is 2.41. The summed E-state index contributed by atoms with van der Waals surface area (Å²) in [7, 11) is 0. The molecule has 2 rings (SSSR count). The van der Waals surface area contributed by atoms with Crippen LogP contribution < -0.4 is 4.90 Å². The summed E-state index contributed by atoms with van der Waals surface area (Å²) >= 11 is 5.70. The molecule has 1 aliphatic heterocycles. The predicted molar refractivity (Wildman–Crippen MR) is 64.3 cm³/mol. The highest BCUT2D eigenvalue weighted by Gasteiger charge is 2.23. The first-order chi connectivity index (χ1) is 7.72. The van der Waals surface area contributed by atoms with Gasteiger partial charge in [-0.1, -0.05) is 18.2 Å². The van der Waals surface area contributed by atoms with Crippen LogP contribution in [0, 0.1) is 10.1 Å². The number of nitrogens with zero attached hydrogens (tertiary/aromatic N) is 2. The molecular formula is C11H11ClN2O2. The van der Waals surface area contributed by atoms with Crippen LogP contribution in [0.25, 0.3) is 6.08 Å². The zero-order chi connectivity index (χ0) is 11.5. The second-order valence-electron chi connectivity index (χ2n) is 3.56. The highest BCUT2D eigenvalue weighted by molar-refractivity contribution is 6.18. The molecule has 0 spiro atoms. The monoisotopic (exact) mass is 238 g/mol.